The maximum absolute atomic E-state index is 12.9. The molecule has 0 saturated heterocycles. The zero-order valence-corrected chi connectivity index (χ0v) is 13.5. The lowest BCUT2D eigenvalue weighted by molar-refractivity contribution is 0.102. The largest absolute Gasteiger partial charge is 0.407 e. The van der Waals surface area contributed by atoms with Gasteiger partial charge in [0.05, 0.1) is 18.1 Å². The topological polar surface area (TPSA) is 93.8 Å². The van der Waals surface area contributed by atoms with Gasteiger partial charge in [0.2, 0.25) is 5.89 Å². The zero-order chi connectivity index (χ0) is 17.2. The first kappa shape index (κ1) is 15.3. The molecule has 0 spiro atoms. The lowest BCUT2D eigenvalue weighted by Crippen LogP contribution is -2.12. The van der Waals surface area contributed by atoms with Crippen molar-refractivity contribution < 1.29 is 13.6 Å². The molecule has 1 N–H and O–H groups in total. The summed E-state index contributed by atoms with van der Waals surface area (Å²) in [6.07, 6.45) is 0.347. The molecule has 9 heteroatoms. The Hall–Kier alpha value is -3.20. The van der Waals surface area contributed by atoms with E-state index in [2.05, 4.69) is 24.3 Å². The SMILES string of the molecule is O=C(Nc1nnc(Cc2ccc(F)cc2)o1)c1ccc2nsnc2c1. The van der Waals surface area contributed by atoms with Gasteiger partial charge in [-0.25, -0.2) is 4.39 Å². The predicted molar refractivity (Wildman–Crippen MR) is 88.9 cm³/mol. The van der Waals surface area contributed by atoms with E-state index in [0.29, 0.717) is 23.4 Å². The van der Waals surface area contributed by atoms with Crippen molar-refractivity contribution in [2.75, 3.05) is 5.32 Å². The van der Waals surface area contributed by atoms with E-state index < -0.39 is 0 Å². The molecule has 2 aromatic carbocycles. The second kappa shape index (κ2) is 6.36. The van der Waals surface area contributed by atoms with E-state index in [1.54, 1.807) is 30.3 Å². The number of nitrogens with zero attached hydrogens (tertiary/aromatic N) is 4. The summed E-state index contributed by atoms with van der Waals surface area (Å²) in [5.41, 5.74) is 2.63. The van der Waals surface area contributed by atoms with Crippen molar-refractivity contribution in [1.82, 2.24) is 18.9 Å². The van der Waals surface area contributed by atoms with Crippen molar-refractivity contribution in [1.29, 1.82) is 0 Å². The number of benzene rings is 2. The molecule has 4 aromatic rings. The number of carbonyl (C=O) groups is 1. The third-order valence-electron chi connectivity index (χ3n) is 3.47. The van der Waals surface area contributed by atoms with E-state index in [9.17, 15) is 9.18 Å². The normalized spacial score (nSPS) is 10.9. The van der Waals surface area contributed by atoms with Crippen LogP contribution in [0.1, 0.15) is 21.8 Å². The number of anilines is 1. The molecular weight excluding hydrogens is 345 g/mol. The molecule has 0 aliphatic carbocycles. The van der Waals surface area contributed by atoms with Crippen molar-refractivity contribution in [3.8, 4) is 0 Å². The number of fused-ring (bicyclic) bond motifs is 1. The van der Waals surface area contributed by atoms with Crippen LogP contribution in [0.2, 0.25) is 0 Å². The third-order valence-corrected chi connectivity index (χ3v) is 4.03. The van der Waals surface area contributed by atoms with Crippen LogP contribution < -0.4 is 5.32 Å². The molecule has 1 amide bonds. The van der Waals surface area contributed by atoms with Gasteiger partial charge in [-0.15, -0.1) is 5.10 Å². The van der Waals surface area contributed by atoms with Gasteiger partial charge in [0.25, 0.3) is 5.91 Å². The van der Waals surface area contributed by atoms with Crippen LogP contribution in [0.15, 0.2) is 46.9 Å². The monoisotopic (exact) mass is 355 g/mol. The molecule has 0 aliphatic heterocycles. The molecule has 0 fully saturated rings. The molecule has 0 bridgehead atoms. The summed E-state index contributed by atoms with van der Waals surface area (Å²) in [5, 5.41) is 10.2. The summed E-state index contributed by atoms with van der Waals surface area (Å²) < 4.78 is 26.5. The van der Waals surface area contributed by atoms with Gasteiger partial charge in [-0.1, -0.05) is 17.2 Å². The van der Waals surface area contributed by atoms with Crippen LogP contribution >= 0.6 is 11.7 Å². The molecule has 0 atom stereocenters. The Morgan fingerprint density at radius 2 is 1.88 bits per heavy atom. The fourth-order valence-electron chi connectivity index (χ4n) is 2.25. The Morgan fingerprint density at radius 3 is 2.72 bits per heavy atom. The number of aromatic nitrogens is 4. The standard InChI is InChI=1S/C16H10FN5O2S/c17-11-4-1-9(2-5-11)7-14-19-20-16(24-14)18-15(23)10-3-6-12-13(8-10)22-25-21-12/h1-6,8H,7H2,(H,18,20,23). The highest BCUT2D eigenvalue weighted by Gasteiger charge is 2.13. The Morgan fingerprint density at radius 1 is 1.08 bits per heavy atom. The highest BCUT2D eigenvalue weighted by molar-refractivity contribution is 7.00. The average Bonchev–Trinajstić information content (AvgIpc) is 3.25. The number of amides is 1. The van der Waals surface area contributed by atoms with Crippen molar-refractivity contribution >= 4 is 34.7 Å². The second-order valence-corrected chi connectivity index (χ2v) is 5.75. The molecule has 0 radical (unpaired) electrons. The number of nitrogens with one attached hydrogen (secondary N) is 1. The Labute approximate surface area is 144 Å². The maximum Gasteiger partial charge on any atom is 0.322 e. The van der Waals surface area contributed by atoms with Gasteiger partial charge in [0.15, 0.2) is 0 Å². The number of rotatable bonds is 4. The van der Waals surface area contributed by atoms with Gasteiger partial charge in [-0.2, -0.15) is 8.75 Å². The van der Waals surface area contributed by atoms with E-state index in [-0.39, 0.29) is 17.7 Å². The first-order valence-corrected chi connectivity index (χ1v) is 8.01. The van der Waals surface area contributed by atoms with E-state index in [0.717, 1.165) is 22.8 Å². The predicted octanol–water partition coefficient (Wildman–Crippen LogP) is 3.06. The highest BCUT2D eigenvalue weighted by atomic mass is 32.1. The molecule has 0 aliphatic rings. The summed E-state index contributed by atoms with van der Waals surface area (Å²) in [7, 11) is 0. The first-order chi connectivity index (χ1) is 12.2. The minimum absolute atomic E-state index is 0.00129. The molecule has 25 heavy (non-hydrogen) atoms. The third kappa shape index (κ3) is 3.36. The number of carbonyl (C=O) groups excluding carboxylic acids is 1. The molecule has 124 valence electrons. The molecule has 0 unspecified atom stereocenters. The average molecular weight is 355 g/mol. The summed E-state index contributed by atoms with van der Waals surface area (Å²) in [4.78, 5) is 12.3. The fourth-order valence-corrected chi connectivity index (χ4v) is 2.76. The summed E-state index contributed by atoms with van der Waals surface area (Å²) in [6, 6.07) is 11.0. The Bertz CT molecular complexity index is 1040. The maximum atomic E-state index is 12.9. The number of halogens is 1. The van der Waals surface area contributed by atoms with Gasteiger partial charge < -0.3 is 4.42 Å². The van der Waals surface area contributed by atoms with Gasteiger partial charge >= 0.3 is 6.01 Å². The van der Waals surface area contributed by atoms with E-state index in [1.807, 2.05) is 0 Å². The van der Waals surface area contributed by atoms with E-state index in [4.69, 9.17) is 4.42 Å². The first-order valence-electron chi connectivity index (χ1n) is 7.28. The fraction of sp³-hybridized carbons (Fsp3) is 0.0625. The van der Waals surface area contributed by atoms with Crippen molar-refractivity contribution in [2.24, 2.45) is 0 Å². The molecule has 2 heterocycles. The zero-order valence-electron chi connectivity index (χ0n) is 12.6. The summed E-state index contributed by atoms with van der Waals surface area (Å²) >= 11 is 1.09. The Balaban J connectivity index is 1.46. The van der Waals surface area contributed by atoms with E-state index in [1.165, 1.54) is 12.1 Å². The van der Waals surface area contributed by atoms with E-state index >= 15 is 0 Å². The Kier molecular flexibility index (Phi) is 3.90. The molecule has 7 nitrogen and oxygen atoms in total. The summed E-state index contributed by atoms with van der Waals surface area (Å²) in [6.45, 7) is 0. The van der Waals surface area contributed by atoms with Crippen LogP contribution in [0.25, 0.3) is 11.0 Å². The van der Waals surface area contributed by atoms with Crippen LogP contribution in [0, 0.1) is 5.82 Å². The van der Waals surface area contributed by atoms with Crippen LogP contribution in [0.5, 0.6) is 0 Å². The molecular formula is C16H10FN5O2S. The van der Waals surface area contributed by atoms with Crippen molar-refractivity contribution in [2.45, 2.75) is 6.42 Å². The molecule has 2 aromatic heterocycles. The molecule has 4 rings (SSSR count). The lowest BCUT2D eigenvalue weighted by atomic mass is 10.1. The minimum Gasteiger partial charge on any atom is -0.407 e. The smallest absolute Gasteiger partial charge is 0.322 e. The van der Waals surface area contributed by atoms with Crippen molar-refractivity contribution in [3.63, 3.8) is 0 Å². The van der Waals surface area contributed by atoms with Crippen LogP contribution in [-0.2, 0) is 6.42 Å². The minimum atomic E-state index is -0.383. The van der Waals surface area contributed by atoms with Gasteiger partial charge in [0.1, 0.15) is 16.9 Å². The van der Waals surface area contributed by atoms with Crippen molar-refractivity contribution in [3.05, 3.63) is 65.3 Å². The quantitative estimate of drug-likeness (QED) is 0.605. The number of hydrogen-bond acceptors (Lipinski definition) is 7. The lowest BCUT2D eigenvalue weighted by Gasteiger charge is -2.00. The van der Waals surface area contributed by atoms with Gasteiger partial charge in [-0.3, -0.25) is 10.1 Å². The van der Waals surface area contributed by atoms with Crippen LogP contribution in [0.3, 0.4) is 0 Å². The summed E-state index contributed by atoms with van der Waals surface area (Å²) in [5.74, 6) is -0.373. The van der Waals surface area contributed by atoms with Crippen LogP contribution in [-0.4, -0.2) is 24.9 Å². The van der Waals surface area contributed by atoms with Crippen LogP contribution in [0.4, 0.5) is 10.4 Å². The second-order valence-electron chi connectivity index (χ2n) is 5.23. The highest BCUT2D eigenvalue weighted by Crippen LogP contribution is 2.16. The van der Waals surface area contributed by atoms with Gasteiger partial charge in [-0.05, 0) is 35.9 Å². The van der Waals surface area contributed by atoms with Gasteiger partial charge in [0, 0.05) is 5.56 Å². The number of hydrogen-bond donors (Lipinski definition) is 1. The molecule has 0 saturated carbocycles.